The van der Waals surface area contributed by atoms with Crippen LogP contribution in [-0.4, -0.2) is 83.5 Å². The largest absolute Gasteiger partial charge is 0.493 e. The van der Waals surface area contributed by atoms with Gasteiger partial charge in [0.2, 0.25) is 11.8 Å². The van der Waals surface area contributed by atoms with Gasteiger partial charge in [-0.05, 0) is 44.4 Å². The zero-order chi connectivity index (χ0) is 28.1. The maximum absolute atomic E-state index is 13.7. The molecule has 10 nitrogen and oxygen atoms in total. The molecule has 0 aromatic heterocycles. The second-order valence-electron chi connectivity index (χ2n) is 10.6. The van der Waals surface area contributed by atoms with Gasteiger partial charge in [0, 0.05) is 42.1 Å². The smallest absolute Gasteiger partial charge is 0.247 e. The molecule has 4 atom stereocenters. The minimum atomic E-state index is -1.17. The van der Waals surface area contributed by atoms with Crippen molar-refractivity contribution in [1.82, 2.24) is 10.2 Å². The third kappa shape index (κ3) is 6.01. The van der Waals surface area contributed by atoms with Crippen molar-refractivity contribution >= 4 is 23.9 Å². The highest BCUT2D eigenvalue weighted by Gasteiger charge is 2.52. The summed E-state index contributed by atoms with van der Waals surface area (Å²) in [7, 11) is 1.45. The van der Waals surface area contributed by atoms with E-state index in [9.17, 15) is 29.4 Å². The van der Waals surface area contributed by atoms with Crippen LogP contribution in [0.2, 0.25) is 0 Å². The van der Waals surface area contributed by atoms with Crippen LogP contribution >= 0.6 is 0 Å². The highest BCUT2D eigenvalue weighted by atomic mass is 16.5. The van der Waals surface area contributed by atoms with Gasteiger partial charge < -0.3 is 34.7 Å². The summed E-state index contributed by atoms with van der Waals surface area (Å²) in [6, 6.07) is 2.22. The summed E-state index contributed by atoms with van der Waals surface area (Å²) in [4.78, 5) is 51.9. The molecule has 1 aromatic carbocycles. The minimum Gasteiger partial charge on any atom is -0.493 e. The number of ketones is 1. The summed E-state index contributed by atoms with van der Waals surface area (Å²) in [6.07, 6.45) is 5.67. The Labute approximate surface area is 228 Å². The average Bonchev–Trinajstić information content (AvgIpc) is 3.33. The fourth-order valence-electron chi connectivity index (χ4n) is 6.12. The summed E-state index contributed by atoms with van der Waals surface area (Å²) < 4.78 is 11.7. The minimum absolute atomic E-state index is 0.0102. The van der Waals surface area contributed by atoms with E-state index in [0.29, 0.717) is 47.3 Å². The normalized spacial score (nSPS) is 24.1. The topological polar surface area (TPSA) is 142 Å². The lowest BCUT2D eigenvalue weighted by molar-refractivity contribution is -0.141. The van der Waals surface area contributed by atoms with Crippen molar-refractivity contribution in [2.45, 2.75) is 88.5 Å². The Morgan fingerprint density at radius 3 is 2.56 bits per heavy atom. The summed E-state index contributed by atoms with van der Waals surface area (Å²) >= 11 is 0. The zero-order valence-corrected chi connectivity index (χ0v) is 22.6. The van der Waals surface area contributed by atoms with Crippen molar-refractivity contribution in [1.29, 1.82) is 0 Å². The number of Topliss-reactive ketones (excluding diaryl/α,β-unsaturated/α-hetero) is 1. The van der Waals surface area contributed by atoms with Crippen LogP contribution in [0.5, 0.6) is 11.5 Å². The van der Waals surface area contributed by atoms with E-state index in [1.165, 1.54) is 20.1 Å². The molecule has 2 amide bonds. The van der Waals surface area contributed by atoms with Crippen LogP contribution in [0.4, 0.5) is 0 Å². The van der Waals surface area contributed by atoms with Gasteiger partial charge in [-0.2, -0.15) is 0 Å². The Morgan fingerprint density at radius 2 is 1.92 bits per heavy atom. The van der Waals surface area contributed by atoms with E-state index in [0.717, 1.165) is 32.1 Å². The second kappa shape index (κ2) is 12.7. The molecule has 3 N–H and O–H groups in total. The first-order chi connectivity index (χ1) is 18.8. The van der Waals surface area contributed by atoms with E-state index in [2.05, 4.69) is 5.32 Å². The molecule has 39 heavy (non-hydrogen) atoms. The molecular formula is C29H38N2O8. The first-order valence-electron chi connectivity index (χ1n) is 13.7. The number of aliphatic hydroxyl groups excluding tert-OH is 2. The number of hydrogen-bond donors (Lipinski definition) is 3. The number of hydrogen-bond acceptors (Lipinski definition) is 8. The predicted molar refractivity (Wildman–Crippen MR) is 142 cm³/mol. The number of rotatable bonds is 11. The van der Waals surface area contributed by atoms with Crippen LogP contribution in [-0.2, 0) is 14.4 Å². The van der Waals surface area contributed by atoms with Gasteiger partial charge in [0.25, 0.3) is 0 Å². The number of methoxy groups -OCH3 is 1. The van der Waals surface area contributed by atoms with Gasteiger partial charge in [0.05, 0.1) is 25.7 Å². The molecule has 0 saturated heterocycles. The van der Waals surface area contributed by atoms with E-state index in [1.807, 2.05) is 0 Å². The van der Waals surface area contributed by atoms with Crippen molar-refractivity contribution < 1.29 is 38.9 Å². The number of carbonyl (C=O) groups is 4. The number of amides is 2. The number of carbonyl (C=O) groups excluding carboxylic acids is 4. The van der Waals surface area contributed by atoms with Crippen molar-refractivity contribution in [2.24, 2.45) is 0 Å². The summed E-state index contributed by atoms with van der Waals surface area (Å²) in [6.45, 7) is 1.27. The molecule has 3 aliphatic rings. The molecule has 1 aromatic rings. The third-order valence-electron chi connectivity index (χ3n) is 7.91. The molecule has 4 unspecified atom stereocenters. The van der Waals surface area contributed by atoms with Gasteiger partial charge in [-0.1, -0.05) is 19.3 Å². The Morgan fingerprint density at radius 1 is 1.18 bits per heavy atom. The molecule has 212 valence electrons. The fourth-order valence-corrected chi connectivity index (χ4v) is 6.12. The summed E-state index contributed by atoms with van der Waals surface area (Å²) in [5.74, 6) is -0.664. The fraction of sp³-hybridized carbons (Fsp3) is 0.586. The SMILES string of the molecule is COc1cc(C=O)cc2c1OC1C2C(C(=O)NCCO)=CC(N(C(=O)CCCC(C)=O)C2CCCCC2)C1O. The summed E-state index contributed by atoms with van der Waals surface area (Å²) in [5, 5.41) is 23.7. The highest BCUT2D eigenvalue weighted by molar-refractivity contribution is 5.96. The maximum atomic E-state index is 13.7. The number of aliphatic hydroxyl groups is 2. The highest BCUT2D eigenvalue weighted by Crippen LogP contribution is 2.51. The molecule has 1 saturated carbocycles. The monoisotopic (exact) mass is 542 g/mol. The van der Waals surface area contributed by atoms with E-state index in [4.69, 9.17) is 9.47 Å². The van der Waals surface area contributed by atoms with Crippen LogP contribution in [0.3, 0.4) is 0 Å². The van der Waals surface area contributed by atoms with Crippen LogP contribution in [0.25, 0.3) is 0 Å². The number of benzene rings is 1. The quantitative estimate of drug-likeness (QED) is 0.361. The van der Waals surface area contributed by atoms with Crippen molar-refractivity contribution in [2.75, 3.05) is 20.3 Å². The third-order valence-corrected chi connectivity index (χ3v) is 7.91. The second-order valence-corrected chi connectivity index (χ2v) is 10.6. The summed E-state index contributed by atoms with van der Waals surface area (Å²) in [5.41, 5.74) is 1.18. The first kappa shape index (κ1) is 28.8. The number of fused-ring (bicyclic) bond motifs is 3. The van der Waals surface area contributed by atoms with Gasteiger partial charge in [0.15, 0.2) is 11.5 Å². The molecule has 1 aliphatic heterocycles. The predicted octanol–water partition coefficient (Wildman–Crippen LogP) is 2.05. The molecule has 4 rings (SSSR count). The van der Waals surface area contributed by atoms with Gasteiger partial charge in [-0.25, -0.2) is 0 Å². The molecule has 1 heterocycles. The molecule has 1 fully saturated rings. The molecular weight excluding hydrogens is 504 g/mol. The lowest BCUT2D eigenvalue weighted by Gasteiger charge is -2.45. The van der Waals surface area contributed by atoms with Crippen LogP contribution in [0, 0.1) is 0 Å². The molecule has 10 heteroatoms. The molecule has 2 aliphatic carbocycles. The van der Waals surface area contributed by atoms with Crippen molar-refractivity contribution in [3.05, 3.63) is 34.9 Å². The first-order valence-corrected chi connectivity index (χ1v) is 13.7. The lowest BCUT2D eigenvalue weighted by Crippen LogP contribution is -2.58. The van der Waals surface area contributed by atoms with E-state index in [-0.39, 0.29) is 37.3 Å². The van der Waals surface area contributed by atoms with E-state index in [1.54, 1.807) is 17.0 Å². The number of nitrogens with one attached hydrogen (secondary N) is 1. The van der Waals surface area contributed by atoms with Gasteiger partial charge >= 0.3 is 0 Å². The molecule has 0 radical (unpaired) electrons. The Bertz CT molecular complexity index is 1130. The Balaban J connectivity index is 1.77. The standard InChI is InChI=1S/C29H38N2O8/c1-17(34)7-6-10-24(35)31(19-8-4-3-5-9-19)22-15-21(29(37)30-11-12-32)25-20-13-18(16-33)14-23(38-2)27(20)39-28(25)26(22)36/h13-16,19,22,25-26,28,32,36H,3-12H2,1-2H3,(H,30,37). The lowest BCUT2D eigenvalue weighted by atomic mass is 9.76. The Kier molecular flexibility index (Phi) is 9.40. The van der Waals surface area contributed by atoms with Gasteiger partial charge in [0.1, 0.15) is 24.3 Å². The number of aldehydes is 1. The van der Waals surface area contributed by atoms with Crippen molar-refractivity contribution in [3.8, 4) is 11.5 Å². The van der Waals surface area contributed by atoms with Crippen molar-refractivity contribution in [3.63, 3.8) is 0 Å². The number of nitrogens with zero attached hydrogens (tertiary/aromatic N) is 1. The zero-order valence-electron chi connectivity index (χ0n) is 22.6. The number of ether oxygens (including phenoxy) is 2. The van der Waals surface area contributed by atoms with Crippen LogP contribution < -0.4 is 14.8 Å². The Hall–Kier alpha value is -3.24. The van der Waals surface area contributed by atoms with Crippen LogP contribution in [0.15, 0.2) is 23.8 Å². The maximum Gasteiger partial charge on any atom is 0.247 e. The van der Waals surface area contributed by atoms with Crippen LogP contribution in [0.1, 0.15) is 80.1 Å². The van der Waals surface area contributed by atoms with Gasteiger partial charge in [-0.15, -0.1) is 0 Å². The van der Waals surface area contributed by atoms with E-state index >= 15 is 0 Å². The van der Waals surface area contributed by atoms with Gasteiger partial charge in [-0.3, -0.25) is 14.4 Å². The average molecular weight is 543 g/mol. The van der Waals surface area contributed by atoms with E-state index < -0.39 is 30.1 Å². The molecule has 0 bridgehead atoms. The molecule has 0 spiro atoms.